The summed E-state index contributed by atoms with van der Waals surface area (Å²) < 4.78 is 36.8. The van der Waals surface area contributed by atoms with E-state index in [-0.39, 0.29) is 5.69 Å². The Kier molecular flexibility index (Phi) is 6.29. The summed E-state index contributed by atoms with van der Waals surface area (Å²) in [4.78, 5) is 20.4. The van der Waals surface area contributed by atoms with Gasteiger partial charge in [-0.1, -0.05) is 6.07 Å². The van der Waals surface area contributed by atoms with Crippen LogP contribution in [0.1, 0.15) is 10.5 Å². The molecule has 0 aliphatic carbocycles. The van der Waals surface area contributed by atoms with E-state index in [2.05, 4.69) is 25.7 Å². The molecular weight excluding hydrogens is 434 g/mol. The Labute approximate surface area is 187 Å². The Balaban J connectivity index is 1.55. The lowest BCUT2D eigenvalue weighted by molar-refractivity contribution is 0.0887. The highest BCUT2D eigenvalue weighted by molar-refractivity contribution is 5.92. The zero-order chi connectivity index (χ0) is 23.4. The van der Waals surface area contributed by atoms with Gasteiger partial charge >= 0.3 is 0 Å². The van der Waals surface area contributed by atoms with Crippen LogP contribution in [-0.2, 0) is 0 Å². The molecule has 0 saturated carbocycles. The molecular formula is C22H20F2N6O3. The van der Waals surface area contributed by atoms with E-state index >= 15 is 0 Å². The molecule has 9 nitrogen and oxygen atoms in total. The largest absolute Gasteiger partial charge is 0.491 e. The van der Waals surface area contributed by atoms with E-state index in [0.717, 1.165) is 16.6 Å². The molecule has 0 atom stereocenters. The van der Waals surface area contributed by atoms with Gasteiger partial charge in [-0.25, -0.2) is 23.3 Å². The van der Waals surface area contributed by atoms with Crippen LogP contribution in [0.4, 0.5) is 20.4 Å². The molecule has 0 saturated heterocycles. The number of nitrogens with one attached hydrogen (secondary N) is 2. The SMILES string of the molecule is COc1cc(-c2ccn3nc(Nc4cccc(C(=O)NCC(F)F)n4)cc3c2)cnc1OC. The Morgan fingerprint density at radius 3 is 2.70 bits per heavy atom. The van der Waals surface area contributed by atoms with Crippen molar-refractivity contribution < 1.29 is 23.0 Å². The van der Waals surface area contributed by atoms with E-state index in [0.29, 0.717) is 23.3 Å². The first-order valence-electron chi connectivity index (χ1n) is 9.85. The smallest absolute Gasteiger partial charge is 0.270 e. The fourth-order valence-electron chi connectivity index (χ4n) is 3.15. The standard InChI is InChI=1S/C22H20F2N6O3/c1-32-17-9-14(11-26-22(17)33-2)13-6-7-30-15(8-13)10-20(29-30)28-19-5-3-4-16(27-19)21(31)25-12-18(23)24/h3-11,18H,12H2,1-2H3,(H,25,31)(H,27,28,29). The van der Waals surface area contributed by atoms with Gasteiger partial charge in [0.1, 0.15) is 11.5 Å². The maximum absolute atomic E-state index is 12.3. The summed E-state index contributed by atoms with van der Waals surface area (Å²) >= 11 is 0. The maximum Gasteiger partial charge on any atom is 0.270 e. The van der Waals surface area contributed by atoms with Crippen molar-refractivity contribution in [1.82, 2.24) is 24.9 Å². The lowest BCUT2D eigenvalue weighted by Crippen LogP contribution is -2.29. The van der Waals surface area contributed by atoms with Crippen LogP contribution in [0.3, 0.4) is 0 Å². The number of pyridine rings is 3. The van der Waals surface area contributed by atoms with E-state index < -0.39 is 18.9 Å². The molecule has 33 heavy (non-hydrogen) atoms. The number of nitrogens with zero attached hydrogens (tertiary/aromatic N) is 4. The molecule has 4 aromatic heterocycles. The van der Waals surface area contributed by atoms with E-state index in [1.807, 2.05) is 24.3 Å². The molecule has 4 aromatic rings. The number of anilines is 2. The molecule has 2 N–H and O–H groups in total. The van der Waals surface area contributed by atoms with Gasteiger partial charge in [0.15, 0.2) is 11.6 Å². The van der Waals surface area contributed by atoms with Gasteiger partial charge in [0.2, 0.25) is 0 Å². The number of amides is 1. The molecule has 0 bridgehead atoms. The third kappa shape index (κ3) is 4.97. The van der Waals surface area contributed by atoms with Crippen LogP contribution in [0.25, 0.3) is 16.6 Å². The number of fused-ring (bicyclic) bond motifs is 1. The third-order valence-corrected chi connectivity index (χ3v) is 4.68. The number of methoxy groups -OCH3 is 2. The fourth-order valence-corrected chi connectivity index (χ4v) is 3.15. The number of hydrogen-bond acceptors (Lipinski definition) is 7. The predicted molar refractivity (Wildman–Crippen MR) is 117 cm³/mol. The Morgan fingerprint density at radius 2 is 1.94 bits per heavy atom. The van der Waals surface area contributed by atoms with E-state index in [4.69, 9.17) is 9.47 Å². The highest BCUT2D eigenvalue weighted by Gasteiger charge is 2.12. The summed E-state index contributed by atoms with van der Waals surface area (Å²) in [5.41, 5.74) is 2.57. The first-order valence-corrected chi connectivity index (χ1v) is 9.85. The number of carbonyl (C=O) groups is 1. The van der Waals surface area contributed by atoms with Crippen molar-refractivity contribution in [3.05, 3.63) is 60.6 Å². The van der Waals surface area contributed by atoms with Crippen molar-refractivity contribution in [2.24, 2.45) is 0 Å². The third-order valence-electron chi connectivity index (χ3n) is 4.68. The molecule has 11 heteroatoms. The Bertz CT molecular complexity index is 1290. The number of rotatable bonds is 8. The van der Waals surface area contributed by atoms with Crippen LogP contribution in [0.5, 0.6) is 11.6 Å². The monoisotopic (exact) mass is 454 g/mol. The Morgan fingerprint density at radius 1 is 1.09 bits per heavy atom. The zero-order valence-corrected chi connectivity index (χ0v) is 17.8. The molecule has 0 spiro atoms. The van der Waals surface area contributed by atoms with Crippen molar-refractivity contribution in [3.8, 4) is 22.8 Å². The molecule has 0 aromatic carbocycles. The summed E-state index contributed by atoms with van der Waals surface area (Å²) in [6.45, 7) is -0.734. The average Bonchev–Trinajstić information content (AvgIpc) is 3.23. The van der Waals surface area contributed by atoms with E-state index in [1.54, 1.807) is 36.2 Å². The number of halogens is 2. The first kappa shape index (κ1) is 21.9. The van der Waals surface area contributed by atoms with Gasteiger partial charge in [0.05, 0.1) is 26.3 Å². The topological polar surface area (TPSA) is 103 Å². The van der Waals surface area contributed by atoms with Gasteiger partial charge < -0.3 is 20.1 Å². The van der Waals surface area contributed by atoms with Crippen LogP contribution in [-0.4, -0.2) is 52.7 Å². The molecule has 0 radical (unpaired) electrons. The second-order valence-electron chi connectivity index (χ2n) is 6.88. The minimum Gasteiger partial charge on any atom is -0.491 e. The van der Waals surface area contributed by atoms with E-state index in [1.165, 1.54) is 13.2 Å². The highest BCUT2D eigenvalue weighted by atomic mass is 19.3. The molecule has 1 amide bonds. The number of carbonyl (C=O) groups excluding carboxylic acids is 1. The Hall–Kier alpha value is -4.28. The number of hydrogen-bond donors (Lipinski definition) is 2. The second-order valence-corrected chi connectivity index (χ2v) is 6.88. The molecule has 0 aliphatic heterocycles. The molecule has 170 valence electrons. The summed E-state index contributed by atoms with van der Waals surface area (Å²) in [7, 11) is 3.07. The van der Waals surface area contributed by atoms with Gasteiger partial charge in [-0.2, -0.15) is 5.10 Å². The summed E-state index contributed by atoms with van der Waals surface area (Å²) in [5, 5.41) is 9.60. The van der Waals surface area contributed by atoms with Gasteiger partial charge in [-0.15, -0.1) is 0 Å². The lowest BCUT2D eigenvalue weighted by atomic mass is 10.1. The van der Waals surface area contributed by atoms with Crippen molar-refractivity contribution in [3.63, 3.8) is 0 Å². The fraction of sp³-hybridized carbons (Fsp3) is 0.182. The average molecular weight is 454 g/mol. The minimum absolute atomic E-state index is 0.0210. The number of alkyl halides is 2. The predicted octanol–water partition coefficient (Wildman–Crippen LogP) is 3.55. The summed E-state index contributed by atoms with van der Waals surface area (Å²) in [6.07, 6.45) is 0.860. The summed E-state index contributed by atoms with van der Waals surface area (Å²) in [6, 6.07) is 12.2. The van der Waals surface area contributed by atoms with Crippen LogP contribution in [0, 0.1) is 0 Å². The quantitative estimate of drug-likeness (QED) is 0.420. The van der Waals surface area contributed by atoms with Crippen LogP contribution >= 0.6 is 0 Å². The first-order chi connectivity index (χ1) is 16.0. The highest BCUT2D eigenvalue weighted by Crippen LogP contribution is 2.30. The number of aromatic nitrogens is 4. The molecule has 0 fully saturated rings. The van der Waals surface area contributed by atoms with Crippen molar-refractivity contribution in [2.75, 3.05) is 26.1 Å². The van der Waals surface area contributed by atoms with Gasteiger partial charge in [0.25, 0.3) is 18.2 Å². The lowest BCUT2D eigenvalue weighted by Gasteiger charge is -2.08. The van der Waals surface area contributed by atoms with Crippen LogP contribution in [0.15, 0.2) is 54.9 Å². The molecule has 4 heterocycles. The zero-order valence-electron chi connectivity index (χ0n) is 17.8. The van der Waals surface area contributed by atoms with Gasteiger partial charge in [-0.05, 0) is 35.9 Å². The van der Waals surface area contributed by atoms with Gasteiger partial charge in [0, 0.05) is 24.0 Å². The van der Waals surface area contributed by atoms with Crippen LogP contribution in [0.2, 0.25) is 0 Å². The minimum atomic E-state index is -2.63. The normalized spacial score (nSPS) is 10.9. The molecule has 0 unspecified atom stereocenters. The summed E-state index contributed by atoms with van der Waals surface area (Å²) in [5.74, 6) is 1.09. The van der Waals surface area contributed by atoms with Gasteiger partial charge in [-0.3, -0.25) is 4.79 Å². The van der Waals surface area contributed by atoms with Crippen molar-refractivity contribution in [1.29, 1.82) is 0 Å². The second kappa shape index (κ2) is 9.47. The van der Waals surface area contributed by atoms with Crippen LogP contribution < -0.4 is 20.1 Å². The van der Waals surface area contributed by atoms with Crippen molar-refractivity contribution >= 4 is 23.1 Å². The van der Waals surface area contributed by atoms with E-state index in [9.17, 15) is 13.6 Å². The maximum atomic E-state index is 12.3. The number of ether oxygens (including phenoxy) is 2. The molecule has 4 rings (SSSR count). The molecule has 0 aliphatic rings. The van der Waals surface area contributed by atoms with Crippen molar-refractivity contribution in [2.45, 2.75) is 6.43 Å².